The molecule has 0 aromatic heterocycles. The van der Waals surface area contributed by atoms with Gasteiger partial charge in [0.25, 0.3) is 0 Å². The first-order valence-corrected chi connectivity index (χ1v) is 42.2. The van der Waals surface area contributed by atoms with E-state index in [1.165, 1.54) is 0 Å². The second kappa shape index (κ2) is 13.6. The minimum atomic E-state index is -2.46. The van der Waals surface area contributed by atoms with E-state index in [1.807, 2.05) is 0 Å². The monoisotopic (exact) mass is 918 g/mol. The summed E-state index contributed by atoms with van der Waals surface area (Å²) in [6.07, 6.45) is 0. The van der Waals surface area contributed by atoms with Gasteiger partial charge in [-0.05, 0) is 40.3 Å². The van der Waals surface area contributed by atoms with Gasteiger partial charge in [0.05, 0.1) is 30.4 Å². The molecule has 0 spiro atoms. The van der Waals surface area contributed by atoms with Crippen molar-refractivity contribution in [3.05, 3.63) is 24.3 Å². The lowest BCUT2D eigenvalue weighted by molar-refractivity contribution is 0.624. The van der Waals surface area contributed by atoms with Crippen molar-refractivity contribution in [3.8, 4) is 0 Å². The highest BCUT2D eigenvalue weighted by molar-refractivity contribution is 9.30. The first-order valence-electron chi connectivity index (χ1n) is 19.7. The first kappa shape index (κ1) is 49.5. The molecule has 0 saturated heterocycles. The summed E-state index contributed by atoms with van der Waals surface area (Å²) < 4.78 is 0. The Morgan fingerprint density at radius 1 is 0.320 bits per heavy atom. The summed E-state index contributed by atoms with van der Waals surface area (Å²) in [5.74, 6) is 0. The molecule has 0 radical (unpaired) electrons. The third-order valence-electron chi connectivity index (χ3n) is 16.4. The van der Waals surface area contributed by atoms with Gasteiger partial charge in [0, 0.05) is 0 Å². The molecule has 1 aromatic rings. The van der Waals surface area contributed by atoms with Gasteiger partial charge in [-0.2, -0.15) is 0 Å². The Kier molecular flexibility index (Phi) is 13.4. The second-order valence-electron chi connectivity index (χ2n) is 25.4. The van der Waals surface area contributed by atoms with Crippen LogP contribution in [0.5, 0.6) is 0 Å². The van der Waals surface area contributed by atoms with Crippen LogP contribution in [0, 0.1) is 0 Å². The molecule has 0 unspecified atom stereocenters. The molecule has 1 rings (SSSR count). The van der Waals surface area contributed by atoms with Gasteiger partial charge in [0.2, 0.25) is 0 Å². The maximum absolute atomic E-state index is 5.23. The van der Waals surface area contributed by atoms with Crippen molar-refractivity contribution in [2.75, 3.05) is 0 Å². The molecule has 0 N–H and O–H groups in total. The third-order valence-corrected chi connectivity index (χ3v) is 135. The molecule has 0 aliphatic carbocycles. The molecule has 8 heteroatoms. The fourth-order valence-electron chi connectivity index (χ4n) is 11.7. The molecule has 0 aliphatic heterocycles. The molecule has 0 fully saturated rings. The average molecular weight is 921 g/mol. The van der Waals surface area contributed by atoms with Crippen LogP contribution in [0.25, 0.3) is 0 Å². The lowest BCUT2D eigenvalue weighted by Gasteiger charge is -2.69. The van der Waals surface area contributed by atoms with Crippen molar-refractivity contribution in [1.82, 2.24) is 0 Å². The lowest BCUT2D eigenvalue weighted by Crippen LogP contribution is -2.88. The molecule has 50 heavy (non-hydrogen) atoms. The summed E-state index contributed by atoms with van der Waals surface area (Å²) in [5.41, 5.74) is -4.93. The van der Waals surface area contributed by atoms with E-state index in [0.29, 0.717) is 0 Å². The predicted octanol–water partition coefficient (Wildman–Crippen LogP) is 15.8. The number of benzene rings is 1. The maximum Gasteiger partial charge on any atom is 0.145 e. The Hall–Kier alpha value is 1.48. The van der Waals surface area contributed by atoms with Crippen LogP contribution in [0.1, 0.15) is 166 Å². The SMILES string of the molecule is CC(C)(C)[Si](C)(C(C)(C)C)[Si](Br)(c1cccc([Si](Br)([Si](C)(C(C)(C)C)C(C)(C)C)[Si](C)(C(C)(C)C)C(C)(C)C)c1)[Si](C)(C(C)(C)C)C(C)(C)C. The summed E-state index contributed by atoms with van der Waals surface area (Å²) in [7, 11) is -8.73. The normalized spacial score (nSPS) is 16.6. The van der Waals surface area contributed by atoms with Crippen molar-refractivity contribution >= 4 is 82.8 Å². The summed E-state index contributed by atoms with van der Waals surface area (Å²) in [5, 5.41) is 5.15. The van der Waals surface area contributed by atoms with Gasteiger partial charge in [-0.15, -0.1) is 30.6 Å². The highest BCUT2D eigenvalue weighted by Crippen LogP contribution is 2.68. The lowest BCUT2D eigenvalue weighted by atomic mass is 10.2. The van der Waals surface area contributed by atoms with E-state index in [0.717, 1.165) is 0 Å². The molecule has 0 atom stereocenters. The van der Waals surface area contributed by atoms with Crippen molar-refractivity contribution in [1.29, 1.82) is 0 Å². The van der Waals surface area contributed by atoms with E-state index in [2.05, 4.69) is 217 Å². The molecule has 0 saturated carbocycles. The number of rotatable bonds is 6. The van der Waals surface area contributed by atoms with Gasteiger partial charge < -0.3 is 0 Å². The Morgan fingerprint density at radius 2 is 0.460 bits per heavy atom. The smallest absolute Gasteiger partial charge is 0.127 e. The van der Waals surface area contributed by atoms with Gasteiger partial charge in [-0.25, -0.2) is 0 Å². The van der Waals surface area contributed by atoms with Crippen molar-refractivity contribution in [2.45, 2.75) is 233 Å². The van der Waals surface area contributed by atoms with Crippen LogP contribution in [0.4, 0.5) is 0 Å². The molecular weight excluding hydrogens is 833 g/mol. The number of hydrogen-bond donors (Lipinski definition) is 0. The maximum atomic E-state index is 5.23. The topological polar surface area (TPSA) is 0 Å². The van der Waals surface area contributed by atoms with E-state index >= 15 is 0 Å². The van der Waals surface area contributed by atoms with Crippen molar-refractivity contribution in [3.63, 3.8) is 0 Å². The van der Waals surface area contributed by atoms with Crippen LogP contribution in [-0.4, -0.2) is 41.8 Å². The molecule has 1 aromatic carbocycles. The zero-order chi connectivity index (χ0) is 41.0. The van der Waals surface area contributed by atoms with Crippen molar-refractivity contribution in [2.24, 2.45) is 0 Å². The Morgan fingerprint density at radius 3 is 0.580 bits per heavy atom. The summed E-state index contributed by atoms with van der Waals surface area (Å²) in [6.45, 7) is 74.3. The van der Waals surface area contributed by atoms with Gasteiger partial charge >= 0.3 is 0 Å². The molecule has 0 bridgehead atoms. The fraction of sp³-hybridized carbons (Fsp3) is 0.857. The molecule has 0 nitrogen and oxygen atoms in total. The summed E-state index contributed by atoms with van der Waals surface area (Å²) in [6, 6.07) is 10.8. The quantitative estimate of drug-likeness (QED) is 0.197. The van der Waals surface area contributed by atoms with Crippen LogP contribution in [-0.2, 0) is 0 Å². The predicted molar refractivity (Wildman–Crippen MR) is 259 cm³/mol. The summed E-state index contributed by atoms with van der Waals surface area (Å²) in [4.78, 5) is 0. The number of hydrogen-bond acceptors (Lipinski definition) is 0. The third kappa shape index (κ3) is 6.73. The van der Waals surface area contributed by atoms with Gasteiger partial charge in [-0.1, -0.05) is 227 Å². The second-order valence-corrected chi connectivity index (χ2v) is 90.1. The van der Waals surface area contributed by atoms with Gasteiger partial charge in [-0.3, -0.25) is 0 Å². The Bertz CT molecular complexity index is 1120. The van der Waals surface area contributed by atoms with Gasteiger partial charge in [0.1, 0.15) is 11.5 Å². The minimum Gasteiger partial charge on any atom is -0.127 e. The summed E-state index contributed by atoms with van der Waals surface area (Å²) >= 11 is 10.5. The fourth-order valence-corrected chi connectivity index (χ4v) is 164. The largest absolute Gasteiger partial charge is 0.145 e. The minimum absolute atomic E-state index is 0.213. The highest BCUT2D eigenvalue weighted by atomic mass is 79.9. The zero-order valence-corrected chi connectivity index (χ0v) is 48.2. The highest BCUT2D eigenvalue weighted by Gasteiger charge is 2.77. The molecular formula is C42H88Br2Si6. The number of halogens is 2. The van der Waals surface area contributed by atoms with E-state index < -0.39 is 41.8 Å². The van der Waals surface area contributed by atoms with Crippen LogP contribution in [0.2, 0.25) is 66.5 Å². The Balaban J connectivity index is 5.16. The van der Waals surface area contributed by atoms with Crippen LogP contribution >= 0.6 is 30.6 Å². The van der Waals surface area contributed by atoms with Crippen LogP contribution in [0.15, 0.2) is 24.3 Å². The van der Waals surface area contributed by atoms with Crippen LogP contribution in [0.3, 0.4) is 0 Å². The average Bonchev–Trinajstić information content (AvgIpc) is 2.84. The molecule has 0 aliphatic rings. The molecule has 0 heterocycles. The van der Waals surface area contributed by atoms with E-state index in [4.69, 9.17) is 30.6 Å². The molecule has 0 amide bonds. The van der Waals surface area contributed by atoms with Crippen LogP contribution < -0.4 is 10.4 Å². The standard InChI is InChI=1S/C42H88Br2Si6/c1-35(2,3)45(25,36(4,5)6)49(43,46(26,37(7,8)9)38(10,11)12)33-30-29-31-34(32-33)50(44,47(27,39(13,14)15)40(16,17)18)48(28,41(19,20)21)42(22,23)24/h29-32H,1-28H3. The van der Waals surface area contributed by atoms with Gasteiger partial charge in [0.15, 0.2) is 0 Å². The zero-order valence-electron chi connectivity index (χ0n) is 39.1. The first-order chi connectivity index (χ1) is 21.2. The van der Waals surface area contributed by atoms with E-state index in [1.54, 1.807) is 10.4 Å². The molecule has 294 valence electrons. The van der Waals surface area contributed by atoms with E-state index in [-0.39, 0.29) is 40.3 Å². The van der Waals surface area contributed by atoms with Crippen molar-refractivity contribution < 1.29 is 0 Å². The Labute approximate surface area is 337 Å². The van der Waals surface area contributed by atoms with E-state index in [9.17, 15) is 0 Å².